The number of Topliss-reactive ketones (excluding diaryl/α,β-unsaturated/α-hetero) is 1. The van der Waals surface area contributed by atoms with Gasteiger partial charge < -0.3 is 0 Å². The fraction of sp³-hybridized carbons (Fsp3) is 0.231. The van der Waals surface area contributed by atoms with Crippen molar-refractivity contribution in [3.63, 3.8) is 0 Å². The standard InChI is InChI=1S/C13H12N2O3S/c1-14-11(17)9(12(18)15(2)13(14)19)10(16)8-6-4-3-5-7-8/h3-7,9H,1-2H3. The van der Waals surface area contributed by atoms with Gasteiger partial charge in [-0.15, -0.1) is 0 Å². The van der Waals surface area contributed by atoms with Gasteiger partial charge in [0.15, 0.2) is 16.8 Å². The van der Waals surface area contributed by atoms with Gasteiger partial charge >= 0.3 is 0 Å². The van der Waals surface area contributed by atoms with Crippen LogP contribution in [0.2, 0.25) is 0 Å². The fourth-order valence-corrected chi connectivity index (χ4v) is 2.08. The van der Waals surface area contributed by atoms with E-state index in [0.717, 1.165) is 9.80 Å². The number of rotatable bonds is 2. The molecule has 1 aliphatic heterocycles. The van der Waals surface area contributed by atoms with Crippen molar-refractivity contribution in [2.24, 2.45) is 5.92 Å². The summed E-state index contributed by atoms with van der Waals surface area (Å²) in [6, 6.07) is 8.28. The topological polar surface area (TPSA) is 57.7 Å². The number of carbonyl (C=O) groups is 3. The number of hydrogen-bond acceptors (Lipinski definition) is 4. The first-order chi connectivity index (χ1) is 8.95. The molecule has 0 radical (unpaired) electrons. The Bertz CT molecular complexity index is 547. The molecule has 5 nitrogen and oxygen atoms in total. The molecule has 1 aromatic carbocycles. The third-order valence-electron chi connectivity index (χ3n) is 3.05. The highest BCUT2D eigenvalue weighted by Gasteiger charge is 2.44. The fourth-order valence-electron chi connectivity index (χ4n) is 1.90. The van der Waals surface area contributed by atoms with E-state index in [4.69, 9.17) is 12.2 Å². The van der Waals surface area contributed by atoms with Crippen LogP contribution < -0.4 is 0 Å². The molecule has 1 aromatic rings. The van der Waals surface area contributed by atoms with E-state index in [-0.39, 0.29) is 5.11 Å². The maximum atomic E-state index is 12.3. The van der Waals surface area contributed by atoms with Crippen molar-refractivity contribution in [2.75, 3.05) is 14.1 Å². The number of ketones is 1. The van der Waals surface area contributed by atoms with E-state index in [2.05, 4.69) is 0 Å². The second kappa shape index (κ2) is 4.89. The smallest absolute Gasteiger partial charge is 0.249 e. The molecule has 1 fully saturated rings. The number of thiocarbonyl (C=S) groups is 1. The van der Waals surface area contributed by atoms with Gasteiger partial charge in [0.2, 0.25) is 11.8 Å². The molecular weight excluding hydrogens is 264 g/mol. The number of nitrogens with zero attached hydrogens (tertiary/aromatic N) is 2. The van der Waals surface area contributed by atoms with Gasteiger partial charge in [0.1, 0.15) is 0 Å². The monoisotopic (exact) mass is 276 g/mol. The molecule has 6 heteroatoms. The van der Waals surface area contributed by atoms with Crippen molar-refractivity contribution in [1.29, 1.82) is 0 Å². The van der Waals surface area contributed by atoms with E-state index in [1.54, 1.807) is 30.3 Å². The summed E-state index contributed by atoms with van der Waals surface area (Å²) < 4.78 is 0. The molecule has 19 heavy (non-hydrogen) atoms. The summed E-state index contributed by atoms with van der Waals surface area (Å²) in [5.74, 6) is -3.01. The Kier molecular flexibility index (Phi) is 3.44. The number of hydrogen-bond donors (Lipinski definition) is 0. The Morgan fingerprint density at radius 3 is 2.00 bits per heavy atom. The zero-order valence-electron chi connectivity index (χ0n) is 10.5. The Balaban J connectivity index is 2.38. The minimum absolute atomic E-state index is 0.104. The molecule has 0 atom stereocenters. The van der Waals surface area contributed by atoms with Gasteiger partial charge in [-0.25, -0.2) is 0 Å². The second-order valence-corrected chi connectivity index (χ2v) is 4.61. The van der Waals surface area contributed by atoms with Crippen LogP contribution in [0.1, 0.15) is 10.4 Å². The van der Waals surface area contributed by atoms with Crippen LogP contribution in [0, 0.1) is 5.92 Å². The molecule has 0 unspecified atom stereocenters. The summed E-state index contributed by atoms with van der Waals surface area (Å²) in [4.78, 5) is 38.7. The molecule has 0 N–H and O–H groups in total. The average molecular weight is 276 g/mol. The molecule has 0 aliphatic carbocycles. The SMILES string of the molecule is CN1C(=O)C(C(=O)c2ccccc2)C(=O)N(C)C1=S. The van der Waals surface area contributed by atoms with Crippen LogP contribution in [0.5, 0.6) is 0 Å². The highest BCUT2D eigenvalue weighted by atomic mass is 32.1. The molecule has 1 aliphatic rings. The zero-order valence-corrected chi connectivity index (χ0v) is 11.3. The first-order valence-electron chi connectivity index (χ1n) is 5.63. The molecule has 2 rings (SSSR count). The Morgan fingerprint density at radius 2 is 1.53 bits per heavy atom. The van der Waals surface area contributed by atoms with Crippen molar-refractivity contribution in [2.45, 2.75) is 0 Å². The van der Waals surface area contributed by atoms with E-state index in [1.165, 1.54) is 14.1 Å². The summed E-state index contributed by atoms with van der Waals surface area (Å²) in [6.45, 7) is 0. The Labute approximate surface area is 115 Å². The Morgan fingerprint density at radius 1 is 1.05 bits per heavy atom. The van der Waals surface area contributed by atoms with Crippen molar-refractivity contribution in [3.05, 3.63) is 35.9 Å². The summed E-state index contributed by atoms with van der Waals surface area (Å²) in [5.41, 5.74) is 0.337. The third kappa shape index (κ3) is 2.15. The lowest BCUT2D eigenvalue weighted by atomic mass is 9.94. The summed E-state index contributed by atoms with van der Waals surface area (Å²) in [7, 11) is 2.91. The Hall–Kier alpha value is -2.08. The van der Waals surface area contributed by atoms with Gasteiger partial charge in [0.05, 0.1) is 0 Å². The lowest BCUT2D eigenvalue weighted by molar-refractivity contribution is -0.143. The van der Waals surface area contributed by atoms with Crippen molar-refractivity contribution < 1.29 is 14.4 Å². The predicted molar refractivity (Wildman–Crippen MR) is 72.4 cm³/mol. The average Bonchev–Trinajstić information content (AvgIpc) is 2.44. The van der Waals surface area contributed by atoms with Gasteiger partial charge in [0, 0.05) is 19.7 Å². The van der Waals surface area contributed by atoms with Crippen molar-refractivity contribution >= 4 is 34.9 Å². The maximum Gasteiger partial charge on any atom is 0.249 e. The van der Waals surface area contributed by atoms with E-state index in [0.29, 0.717) is 5.56 Å². The molecular formula is C13H12N2O3S. The van der Waals surface area contributed by atoms with Crippen LogP contribution >= 0.6 is 12.2 Å². The molecule has 0 saturated carbocycles. The first kappa shape index (κ1) is 13.4. The van der Waals surface area contributed by atoms with Crippen LogP contribution in [0.3, 0.4) is 0 Å². The minimum Gasteiger partial charge on any atom is -0.293 e. The van der Waals surface area contributed by atoms with Crippen LogP contribution in [-0.2, 0) is 9.59 Å². The van der Waals surface area contributed by atoms with Crippen LogP contribution in [0.25, 0.3) is 0 Å². The number of amides is 2. The minimum atomic E-state index is -1.34. The summed E-state index contributed by atoms with van der Waals surface area (Å²) in [5, 5.41) is 0.104. The van der Waals surface area contributed by atoms with Gasteiger partial charge in [-0.05, 0) is 12.2 Å². The van der Waals surface area contributed by atoms with Crippen molar-refractivity contribution in [1.82, 2.24) is 9.80 Å². The van der Waals surface area contributed by atoms with Crippen LogP contribution in [0.4, 0.5) is 0 Å². The summed E-state index contributed by atoms with van der Waals surface area (Å²) in [6.07, 6.45) is 0. The van der Waals surface area contributed by atoms with E-state index in [9.17, 15) is 14.4 Å². The number of benzene rings is 1. The highest BCUT2D eigenvalue weighted by Crippen LogP contribution is 2.19. The van der Waals surface area contributed by atoms with Crippen LogP contribution in [0.15, 0.2) is 30.3 Å². The molecule has 2 amide bonds. The van der Waals surface area contributed by atoms with E-state index >= 15 is 0 Å². The molecule has 0 aromatic heterocycles. The highest BCUT2D eigenvalue weighted by molar-refractivity contribution is 7.80. The van der Waals surface area contributed by atoms with Gasteiger partial charge in [-0.3, -0.25) is 24.2 Å². The molecule has 0 spiro atoms. The van der Waals surface area contributed by atoms with E-state index in [1.807, 2.05) is 0 Å². The predicted octanol–water partition coefficient (Wildman–Crippen LogP) is 0.701. The van der Waals surface area contributed by atoms with E-state index < -0.39 is 23.5 Å². The molecule has 98 valence electrons. The third-order valence-corrected chi connectivity index (χ3v) is 3.60. The summed E-state index contributed by atoms with van der Waals surface area (Å²) >= 11 is 4.96. The second-order valence-electron chi connectivity index (χ2n) is 4.24. The number of carbonyl (C=O) groups excluding carboxylic acids is 3. The van der Waals surface area contributed by atoms with Crippen LogP contribution in [-0.4, -0.2) is 46.6 Å². The molecule has 1 heterocycles. The molecule has 0 bridgehead atoms. The first-order valence-corrected chi connectivity index (χ1v) is 6.04. The van der Waals surface area contributed by atoms with Gasteiger partial charge in [-0.1, -0.05) is 30.3 Å². The van der Waals surface area contributed by atoms with Gasteiger partial charge in [-0.2, -0.15) is 0 Å². The zero-order chi connectivity index (χ0) is 14.2. The van der Waals surface area contributed by atoms with Gasteiger partial charge in [0.25, 0.3) is 0 Å². The largest absolute Gasteiger partial charge is 0.293 e. The normalized spacial score (nSPS) is 17.1. The maximum absolute atomic E-state index is 12.3. The lowest BCUT2D eigenvalue weighted by Gasteiger charge is -2.34. The van der Waals surface area contributed by atoms with Crippen molar-refractivity contribution in [3.8, 4) is 0 Å². The quantitative estimate of drug-likeness (QED) is 0.453. The molecule has 1 saturated heterocycles. The lowest BCUT2D eigenvalue weighted by Crippen LogP contribution is -2.58.